The molecule has 0 spiro atoms. The fourth-order valence-corrected chi connectivity index (χ4v) is 2.43. The van der Waals surface area contributed by atoms with E-state index in [1.807, 2.05) is 7.05 Å². The molecule has 1 aromatic rings. The Balaban J connectivity index is 2.36. The number of carbonyl (C=O) groups is 1. The lowest BCUT2D eigenvalue weighted by molar-refractivity contribution is -0.107. The Kier molecular flexibility index (Phi) is 3.90. The van der Waals surface area contributed by atoms with E-state index in [4.69, 9.17) is 0 Å². The molecule has 17 heavy (non-hydrogen) atoms. The summed E-state index contributed by atoms with van der Waals surface area (Å²) in [6, 6.07) is 0. The summed E-state index contributed by atoms with van der Waals surface area (Å²) in [7, 11) is 1.98. The van der Waals surface area contributed by atoms with Crippen LogP contribution in [-0.2, 0) is 4.79 Å². The quantitative estimate of drug-likeness (QED) is 0.517. The Bertz CT molecular complexity index is 457. The van der Waals surface area contributed by atoms with Gasteiger partial charge in [0.15, 0.2) is 12.1 Å². The molecule has 2 heterocycles. The van der Waals surface area contributed by atoms with Crippen LogP contribution in [0.15, 0.2) is 22.5 Å². The molecule has 1 aromatic heterocycles. The van der Waals surface area contributed by atoms with Crippen molar-refractivity contribution < 1.29 is 4.79 Å². The molecular weight excluding hydrogens is 304 g/mol. The van der Waals surface area contributed by atoms with Crippen molar-refractivity contribution >= 4 is 45.5 Å². The van der Waals surface area contributed by atoms with E-state index in [1.165, 1.54) is 0 Å². The van der Waals surface area contributed by atoms with Gasteiger partial charge < -0.3 is 15.0 Å². The number of carbonyl (C=O) groups excluding carboxylic acids is 1. The number of halogens is 1. The third-order valence-electron chi connectivity index (χ3n) is 2.24. The number of aromatic nitrogens is 1. The monoisotopic (exact) mass is 314 g/mol. The minimum atomic E-state index is -0.441. The summed E-state index contributed by atoms with van der Waals surface area (Å²) in [5.41, 5.74) is 2.73. The first kappa shape index (κ1) is 12.3. The van der Waals surface area contributed by atoms with Gasteiger partial charge in [0, 0.05) is 19.5 Å². The van der Waals surface area contributed by atoms with Gasteiger partial charge in [-0.25, -0.2) is 4.99 Å². The van der Waals surface area contributed by atoms with Crippen LogP contribution >= 0.6 is 27.3 Å². The number of alkyl halides is 1. The second-order valence-electron chi connectivity index (χ2n) is 3.44. The second kappa shape index (κ2) is 5.42. The highest BCUT2D eigenvalue weighted by molar-refractivity contribution is 9.09. The maximum absolute atomic E-state index is 10.6. The highest BCUT2D eigenvalue weighted by Crippen LogP contribution is 2.26. The molecule has 0 radical (unpaired) electrons. The van der Waals surface area contributed by atoms with Crippen molar-refractivity contribution in [2.45, 2.75) is 4.95 Å². The molecule has 2 rings (SSSR count). The van der Waals surface area contributed by atoms with Gasteiger partial charge in [-0.3, -0.25) is 4.98 Å². The fraction of sp³-hybridized carbons (Fsp3) is 0.300. The number of thiazole rings is 1. The van der Waals surface area contributed by atoms with Crippen LogP contribution in [0.4, 0.5) is 0 Å². The van der Waals surface area contributed by atoms with Gasteiger partial charge in [-0.2, -0.15) is 0 Å². The number of rotatable bonds is 4. The maximum atomic E-state index is 10.6. The molecule has 0 aromatic carbocycles. The van der Waals surface area contributed by atoms with E-state index in [2.05, 4.69) is 36.1 Å². The molecule has 0 aliphatic carbocycles. The van der Waals surface area contributed by atoms with E-state index < -0.39 is 4.95 Å². The fourth-order valence-electron chi connectivity index (χ4n) is 1.50. The van der Waals surface area contributed by atoms with Crippen molar-refractivity contribution in [1.29, 1.82) is 0 Å². The molecule has 1 atom stereocenters. The maximum Gasteiger partial charge on any atom is 0.153 e. The molecule has 0 fully saturated rings. The van der Waals surface area contributed by atoms with Crippen LogP contribution in [0.5, 0.6) is 0 Å². The zero-order valence-corrected chi connectivity index (χ0v) is 11.5. The van der Waals surface area contributed by atoms with Crippen LogP contribution in [0.25, 0.3) is 5.70 Å². The molecule has 1 N–H and O–H groups in total. The van der Waals surface area contributed by atoms with Crippen LogP contribution in [0.1, 0.15) is 4.88 Å². The second-order valence-corrected chi connectivity index (χ2v) is 5.31. The number of nitrogens with zero attached hydrogens (tertiary/aromatic N) is 3. The molecule has 1 aliphatic heterocycles. The average Bonchev–Trinajstić information content (AvgIpc) is 2.82. The Morgan fingerprint density at radius 3 is 3.18 bits per heavy atom. The molecule has 0 saturated carbocycles. The van der Waals surface area contributed by atoms with Crippen LogP contribution in [-0.4, -0.2) is 40.9 Å². The van der Waals surface area contributed by atoms with Gasteiger partial charge >= 0.3 is 0 Å². The lowest BCUT2D eigenvalue weighted by Crippen LogP contribution is -2.31. The van der Waals surface area contributed by atoms with Gasteiger partial charge in [-0.15, -0.1) is 11.3 Å². The predicted octanol–water partition coefficient (Wildman–Crippen LogP) is 1.29. The van der Waals surface area contributed by atoms with Gasteiger partial charge in [0.25, 0.3) is 0 Å². The lowest BCUT2D eigenvalue weighted by Gasteiger charge is -2.26. The summed E-state index contributed by atoms with van der Waals surface area (Å²) in [5, 5.41) is 3.00. The number of hydrogen-bond acceptors (Lipinski definition) is 6. The van der Waals surface area contributed by atoms with E-state index in [0.717, 1.165) is 23.4 Å². The van der Waals surface area contributed by atoms with Crippen LogP contribution in [0.3, 0.4) is 0 Å². The Morgan fingerprint density at radius 2 is 2.53 bits per heavy atom. The smallest absolute Gasteiger partial charge is 0.153 e. The first-order valence-electron chi connectivity index (χ1n) is 4.95. The number of nitrogens with one attached hydrogen (secondary N) is 1. The summed E-state index contributed by atoms with van der Waals surface area (Å²) in [6.45, 7) is 0.743. The molecule has 5 nitrogen and oxygen atoms in total. The highest BCUT2D eigenvalue weighted by Gasteiger charge is 2.19. The van der Waals surface area contributed by atoms with Crippen molar-refractivity contribution in [1.82, 2.24) is 15.2 Å². The summed E-state index contributed by atoms with van der Waals surface area (Å²) < 4.78 is 0. The van der Waals surface area contributed by atoms with Crippen LogP contribution in [0, 0.1) is 0 Å². The first-order chi connectivity index (χ1) is 8.22. The molecule has 0 saturated heterocycles. The molecule has 0 bridgehead atoms. The minimum Gasteiger partial charge on any atom is -0.365 e. The number of aliphatic imine (C=N–C) groups is 1. The van der Waals surface area contributed by atoms with E-state index in [1.54, 1.807) is 29.3 Å². The van der Waals surface area contributed by atoms with E-state index in [9.17, 15) is 4.79 Å². The Hall–Kier alpha value is -1.21. The Labute approximate surface area is 111 Å². The Morgan fingerprint density at radius 1 is 1.71 bits per heavy atom. The molecule has 1 aliphatic rings. The molecule has 7 heteroatoms. The zero-order chi connectivity index (χ0) is 12.3. The largest absolute Gasteiger partial charge is 0.365 e. The van der Waals surface area contributed by atoms with Gasteiger partial charge in [0.1, 0.15) is 4.95 Å². The number of aldehydes is 1. The third-order valence-corrected chi connectivity index (χ3v) is 3.47. The van der Waals surface area contributed by atoms with E-state index >= 15 is 0 Å². The summed E-state index contributed by atoms with van der Waals surface area (Å²) in [6.07, 6.45) is 4.38. The van der Waals surface area contributed by atoms with Crippen molar-refractivity contribution in [3.8, 4) is 0 Å². The summed E-state index contributed by atoms with van der Waals surface area (Å²) in [5.74, 6) is 0.678. The molecule has 0 amide bonds. The summed E-state index contributed by atoms with van der Waals surface area (Å²) in [4.78, 5) is 21.7. The van der Waals surface area contributed by atoms with Crippen molar-refractivity contribution in [3.05, 3.63) is 22.4 Å². The standard InChI is InChI=1S/C10H11BrN4OS/c1-15-3-2-13-10(14-8(11)5-16)9(15)7-4-12-6-17-7/h2,4-6,8,14H,3H2,1H3. The van der Waals surface area contributed by atoms with Crippen molar-refractivity contribution in [3.63, 3.8) is 0 Å². The molecule has 90 valence electrons. The van der Waals surface area contributed by atoms with Gasteiger partial charge in [-0.1, -0.05) is 15.9 Å². The van der Waals surface area contributed by atoms with E-state index in [0.29, 0.717) is 5.82 Å². The molecular formula is C10H11BrN4OS. The normalized spacial score (nSPS) is 17.2. The van der Waals surface area contributed by atoms with Crippen LogP contribution in [0.2, 0.25) is 0 Å². The first-order valence-corrected chi connectivity index (χ1v) is 6.74. The highest BCUT2D eigenvalue weighted by atomic mass is 79.9. The van der Waals surface area contributed by atoms with Crippen LogP contribution < -0.4 is 5.32 Å². The van der Waals surface area contributed by atoms with Crippen molar-refractivity contribution in [2.24, 2.45) is 4.99 Å². The number of hydrogen-bond donors (Lipinski definition) is 1. The SMILES string of the molecule is CN1CC=NC(NC(Br)C=O)=C1c1cncs1. The molecule has 1 unspecified atom stereocenters. The minimum absolute atomic E-state index is 0.441. The van der Waals surface area contributed by atoms with Gasteiger partial charge in [0.2, 0.25) is 0 Å². The van der Waals surface area contributed by atoms with Gasteiger partial charge in [-0.05, 0) is 0 Å². The lowest BCUT2D eigenvalue weighted by atomic mass is 10.3. The van der Waals surface area contributed by atoms with Crippen molar-refractivity contribution in [2.75, 3.05) is 13.6 Å². The topological polar surface area (TPSA) is 57.6 Å². The summed E-state index contributed by atoms with van der Waals surface area (Å²) >= 11 is 4.75. The van der Waals surface area contributed by atoms with Gasteiger partial charge in [0.05, 0.1) is 22.6 Å². The van der Waals surface area contributed by atoms with E-state index in [-0.39, 0.29) is 0 Å². The predicted molar refractivity (Wildman–Crippen MR) is 72.1 cm³/mol. The average molecular weight is 315 g/mol. The third kappa shape index (κ3) is 2.73. The zero-order valence-electron chi connectivity index (χ0n) is 9.13.